The van der Waals surface area contributed by atoms with Gasteiger partial charge in [-0.05, 0) is 42.4 Å². The Balaban J connectivity index is 1.83. The normalized spacial score (nSPS) is 17.7. The maximum absolute atomic E-state index is 12.4. The van der Waals surface area contributed by atoms with E-state index in [9.17, 15) is 4.79 Å². The highest BCUT2D eigenvalue weighted by Crippen LogP contribution is 2.25. The molecule has 2 rings (SSSR count). The molecule has 116 valence electrons. The van der Waals surface area contributed by atoms with Gasteiger partial charge in [0, 0.05) is 25.2 Å². The highest BCUT2D eigenvalue weighted by atomic mass is 16.2. The summed E-state index contributed by atoms with van der Waals surface area (Å²) in [5.41, 5.74) is 7.67. The maximum atomic E-state index is 12.4. The number of benzene rings is 1. The smallest absolute Gasteiger partial charge is 0.223 e. The van der Waals surface area contributed by atoms with Crippen LogP contribution in [0.4, 0.5) is 5.69 Å². The fourth-order valence-electron chi connectivity index (χ4n) is 3.21. The lowest BCUT2D eigenvalue weighted by molar-refractivity contribution is -0.132. The zero-order valence-electron chi connectivity index (χ0n) is 13.3. The minimum absolute atomic E-state index is 0.256. The summed E-state index contributed by atoms with van der Waals surface area (Å²) >= 11 is 0. The summed E-state index contributed by atoms with van der Waals surface area (Å²) in [7, 11) is 0. The molecule has 2 N–H and O–H groups in total. The first-order valence-corrected chi connectivity index (χ1v) is 8.23. The SMILES string of the molecule is CCCC1CCN(C(=O)CC(C)c2ccc(N)cc2)CC1. The summed E-state index contributed by atoms with van der Waals surface area (Å²) in [6.45, 7) is 6.25. The zero-order chi connectivity index (χ0) is 15.2. The summed E-state index contributed by atoms with van der Waals surface area (Å²) in [5.74, 6) is 1.38. The molecule has 0 aromatic heterocycles. The summed E-state index contributed by atoms with van der Waals surface area (Å²) in [5, 5.41) is 0. The quantitative estimate of drug-likeness (QED) is 0.838. The van der Waals surface area contributed by atoms with E-state index < -0.39 is 0 Å². The Morgan fingerprint density at radius 2 is 1.90 bits per heavy atom. The molecule has 1 aliphatic rings. The second-order valence-electron chi connectivity index (χ2n) is 6.38. The van der Waals surface area contributed by atoms with Crippen molar-refractivity contribution >= 4 is 11.6 Å². The highest BCUT2D eigenvalue weighted by molar-refractivity contribution is 5.77. The highest BCUT2D eigenvalue weighted by Gasteiger charge is 2.23. The van der Waals surface area contributed by atoms with Gasteiger partial charge in [0.1, 0.15) is 0 Å². The Kier molecular flexibility index (Phi) is 5.66. The Morgan fingerprint density at radius 1 is 1.29 bits per heavy atom. The number of nitrogens with zero attached hydrogens (tertiary/aromatic N) is 1. The van der Waals surface area contributed by atoms with Gasteiger partial charge < -0.3 is 10.6 Å². The average Bonchev–Trinajstić information content (AvgIpc) is 2.49. The molecule has 0 bridgehead atoms. The van der Waals surface area contributed by atoms with Crippen LogP contribution in [0.1, 0.15) is 57.4 Å². The van der Waals surface area contributed by atoms with Crippen LogP contribution in [0.3, 0.4) is 0 Å². The van der Waals surface area contributed by atoms with Crippen molar-refractivity contribution in [1.82, 2.24) is 4.90 Å². The van der Waals surface area contributed by atoms with Crippen LogP contribution in [0.2, 0.25) is 0 Å². The third kappa shape index (κ3) is 4.48. The van der Waals surface area contributed by atoms with Crippen LogP contribution in [0.15, 0.2) is 24.3 Å². The number of hydrogen-bond acceptors (Lipinski definition) is 2. The summed E-state index contributed by atoms with van der Waals surface area (Å²) < 4.78 is 0. The lowest BCUT2D eigenvalue weighted by Gasteiger charge is -2.32. The molecule has 1 aromatic rings. The molecule has 1 atom stereocenters. The largest absolute Gasteiger partial charge is 0.399 e. The zero-order valence-corrected chi connectivity index (χ0v) is 13.3. The van der Waals surface area contributed by atoms with Gasteiger partial charge >= 0.3 is 0 Å². The van der Waals surface area contributed by atoms with Gasteiger partial charge in [0.15, 0.2) is 0 Å². The minimum Gasteiger partial charge on any atom is -0.399 e. The molecule has 1 heterocycles. The van der Waals surface area contributed by atoms with E-state index in [0.29, 0.717) is 12.3 Å². The number of likely N-dealkylation sites (tertiary alicyclic amines) is 1. The van der Waals surface area contributed by atoms with Crippen LogP contribution < -0.4 is 5.73 Å². The van der Waals surface area contributed by atoms with Gasteiger partial charge in [-0.15, -0.1) is 0 Å². The molecule has 3 heteroatoms. The number of amides is 1. The number of carbonyl (C=O) groups excluding carboxylic acids is 1. The van der Waals surface area contributed by atoms with Crippen molar-refractivity contribution in [2.45, 2.75) is 51.9 Å². The Bertz CT molecular complexity index is 447. The van der Waals surface area contributed by atoms with Gasteiger partial charge in [-0.3, -0.25) is 4.79 Å². The first kappa shape index (κ1) is 15.9. The Hall–Kier alpha value is -1.51. The van der Waals surface area contributed by atoms with E-state index in [0.717, 1.165) is 24.7 Å². The van der Waals surface area contributed by atoms with E-state index in [1.54, 1.807) is 0 Å². The van der Waals surface area contributed by atoms with Crippen LogP contribution in [0.25, 0.3) is 0 Å². The van der Waals surface area contributed by atoms with Crippen LogP contribution in [-0.2, 0) is 4.79 Å². The lowest BCUT2D eigenvalue weighted by atomic mass is 9.91. The van der Waals surface area contributed by atoms with Gasteiger partial charge in [0.05, 0.1) is 0 Å². The third-order valence-corrected chi connectivity index (χ3v) is 4.65. The fraction of sp³-hybridized carbons (Fsp3) is 0.611. The molecule has 1 fully saturated rings. The molecule has 1 saturated heterocycles. The molecular weight excluding hydrogens is 260 g/mol. The summed E-state index contributed by atoms with van der Waals surface area (Å²) in [6, 6.07) is 7.88. The minimum atomic E-state index is 0.256. The van der Waals surface area contributed by atoms with Gasteiger partial charge in [-0.25, -0.2) is 0 Å². The van der Waals surface area contributed by atoms with Crippen LogP contribution in [0, 0.1) is 5.92 Å². The van der Waals surface area contributed by atoms with E-state index in [1.165, 1.54) is 31.2 Å². The average molecular weight is 288 g/mol. The molecule has 0 aliphatic carbocycles. The molecule has 1 aromatic carbocycles. The monoisotopic (exact) mass is 288 g/mol. The van der Waals surface area contributed by atoms with E-state index in [1.807, 2.05) is 24.3 Å². The maximum Gasteiger partial charge on any atom is 0.223 e. The molecule has 0 radical (unpaired) electrons. The van der Waals surface area contributed by atoms with E-state index in [2.05, 4.69) is 18.7 Å². The number of carbonyl (C=O) groups is 1. The van der Waals surface area contributed by atoms with Gasteiger partial charge in [0.25, 0.3) is 0 Å². The molecule has 0 spiro atoms. The summed E-state index contributed by atoms with van der Waals surface area (Å²) in [6.07, 6.45) is 5.52. The Morgan fingerprint density at radius 3 is 2.48 bits per heavy atom. The predicted octanol–water partition coefficient (Wildman–Crippen LogP) is 3.80. The second-order valence-corrected chi connectivity index (χ2v) is 6.38. The van der Waals surface area contributed by atoms with Crippen LogP contribution in [-0.4, -0.2) is 23.9 Å². The van der Waals surface area contributed by atoms with E-state index in [-0.39, 0.29) is 5.92 Å². The van der Waals surface area contributed by atoms with Crippen molar-refractivity contribution in [2.75, 3.05) is 18.8 Å². The topological polar surface area (TPSA) is 46.3 Å². The molecule has 1 amide bonds. The van der Waals surface area contributed by atoms with Gasteiger partial charge in [-0.2, -0.15) is 0 Å². The van der Waals surface area contributed by atoms with Gasteiger partial charge in [-0.1, -0.05) is 38.8 Å². The van der Waals surface area contributed by atoms with Crippen molar-refractivity contribution < 1.29 is 4.79 Å². The number of nitrogen functional groups attached to an aromatic ring is 1. The van der Waals surface area contributed by atoms with E-state index in [4.69, 9.17) is 5.73 Å². The van der Waals surface area contributed by atoms with Crippen LogP contribution in [0.5, 0.6) is 0 Å². The van der Waals surface area contributed by atoms with Crippen molar-refractivity contribution in [3.8, 4) is 0 Å². The number of anilines is 1. The molecular formula is C18H28N2O. The Labute approximate surface area is 128 Å². The number of nitrogens with two attached hydrogens (primary N) is 1. The van der Waals surface area contributed by atoms with Crippen molar-refractivity contribution in [1.29, 1.82) is 0 Å². The molecule has 3 nitrogen and oxygen atoms in total. The third-order valence-electron chi connectivity index (χ3n) is 4.65. The number of hydrogen-bond donors (Lipinski definition) is 1. The fourth-order valence-corrected chi connectivity index (χ4v) is 3.21. The number of rotatable bonds is 5. The first-order chi connectivity index (χ1) is 10.1. The molecule has 21 heavy (non-hydrogen) atoms. The van der Waals surface area contributed by atoms with Crippen molar-refractivity contribution in [3.05, 3.63) is 29.8 Å². The first-order valence-electron chi connectivity index (χ1n) is 8.23. The van der Waals surface area contributed by atoms with Crippen molar-refractivity contribution in [3.63, 3.8) is 0 Å². The molecule has 1 aliphatic heterocycles. The molecule has 1 unspecified atom stereocenters. The summed E-state index contributed by atoms with van der Waals surface area (Å²) in [4.78, 5) is 14.5. The van der Waals surface area contributed by atoms with Gasteiger partial charge in [0.2, 0.25) is 5.91 Å². The van der Waals surface area contributed by atoms with Crippen LogP contribution >= 0.6 is 0 Å². The standard InChI is InChI=1S/C18H28N2O/c1-3-4-15-9-11-20(12-10-15)18(21)13-14(2)16-5-7-17(19)8-6-16/h5-8,14-15H,3-4,9-13,19H2,1-2H3. The van der Waals surface area contributed by atoms with E-state index >= 15 is 0 Å². The lowest BCUT2D eigenvalue weighted by Crippen LogP contribution is -2.38. The number of piperidine rings is 1. The predicted molar refractivity (Wildman–Crippen MR) is 88.1 cm³/mol. The van der Waals surface area contributed by atoms with Crippen molar-refractivity contribution in [2.24, 2.45) is 5.92 Å². The second kappa shape index (κ2) is 7.48. The molecule has 0 saturated carbocycles.